The molecule has 1 aliphatic rings. The minimum atomic E-state index is -0.00895. The highest BCUT2D eigenvalue weighted by molar-refractivity contribution is 5.97. The van der Waals surface area contributed by atoms with Gasteiger partial charge >= 0.3 is 0 Å². The lowest BCUT2D eigenvalue weighted by Crippen LogP contribution is -2.25. The maximum absolute atomic E-state index is 12.8. The third kappa shape index (κ3) is 4.95. The first-order chi connectivity index (χ1) is 14.0. The van der Waals surface area contributed by atoms with E-state index in [0.29, 0.717) is 18.2 Å². The molecule has 29 heavy (non-hydrogen) atoms. The van der Waals surface area contributed by atoms with Gasteiger partial charge < -0.3 is 19.7 Å². The molecule has 0 unspecified atom stereocenters. The number of ether oxygens (including phenoxy) is 1. The van der Waals surface area contributed by atoms with Crippen LogP contribution in [0.15, 0.2) is 24.3 Å². The molecule has 0 radical (unpaired) electrons. The van der Waals surface area contributed by atoms with Crippen LogP contribution in [0.2, 0.25) is 0 Å². The Hall–Kier alpha value is -2.43. The molecule has 3 rings (SSSR count). The molecule has 0 saturated heterocycles. The van der Waals surface area contributed by atoms with Crippen molar-refractivity contribution in [1.29, 1.82) is 0 Å². The molecule has 0 bridgehead atoms. The number of rotatable bonds is 8. The number of unbranched alkanes of at least 4 members (excludes halogenated alkanes) is 1. The van der Waals surface area contributed by atoms with Crippen molar-refractivity contribution in [3.05, 3.63) is 35.5 Å². The average molecular weight is 399 g/mol. The SMILES string of the molecule is CCCCNC(=O)c1cc(-c2ccc(O)c(OC)c2)n(CC2CCCCC2)c1C. The molecule has 1 aromatic carbocycles. The largest absolute Gasteiger partial charge is 0.504 e. The second kappa shape index (κ2) is 9.86. The maximum Gasteiger partial charge on any atom is 0.253 e. The standard InChI is InChI=1S/C24H34N2O3/c1-4-5-13-25-24(28)20-15-21(19-11-12-22(27)23(14-19)29-3)26(17(20)2)16-18-9-7-6-8-10-18/h11-12,14-15,18,27H,4-10,13,16H2,1-3H3,(H,25,28). The number of amides is 1. The van der Waals surface area contributed by atoms with Crippen LogP contribution in [0.1, 0.15) is 67.9 Å². The average Bonchev–Trinajstić information content (AvgIpc) is 3.05. The quantitative estimate of drug-likeness (QED) is 0.594. The van der Waals surface area contributed by atoms with Gasteiger partial charge in [0, 0.05) is 30.0 Å². The Morgan fingerprint density at radius 3 is 2.69 bits per heavy atom. The minimum Gasteiger partial charge on any atom is -0.504 e. The van der Waals surface area contributed by atoms with Gasteiger partial charge in [0.15, 0.2) is 11.5 Å². The number of nitrogens with one attached hydrogen (secondary N) is 1. The summed E-state index contributed by atoms with van der Waals surface area (Å²) in [6, 6.07) is 7.39. The zero-order valence-corrected chi connectivity index (χ0v) is 18.0. The lowest BCUT2D eigenvalue weighted by atomic mass is 9.89. The number of hydrogen-bond acceptors (Lipinski definition) is 3. The van der Waals surface area contributed by atoms with Crippen molar-refractivity contribution in [3.63, 3.8) is 0 Å². The van der Waals surface area contributed by atoms with Crippen LogP contribution < -0.4 is 10.1 Å². The number of carbonyl (C=O) groups excluding carboxylic acids is 1. The molecule has 2 aromatic rings. The number of aromatic nitrogens is 1. The molecule has 0 aliphatic heterocycles. The van der Waals surface area contributed by atoms with Gasteiger partial charge in [-0.3, -0.25) is 4.79 Å². The molecule has 0 atom stereocenters. The van der Waals surface area contributed by atoms with Crippen molar-refractivity contribution in [2.75, 3.05) is 13.7 Å². The van der Waals surface area contributed by atoms with Gasteiger partial charge in [0.2, 0.25) is 0 Å². The summed E-state index contributed by atoms with van der Waals surface area (Å²) in [6.07, 6.45) is 8.43. The fourth-order valence-electron chi connectivity index (χ4n) is 4.29. The molecule has 1 saturated carbocycles. The van der Waals surface area contributed by atoms with E-state index in [1.54, 1.807) is 13.2 Å². The number of aromatic hydroxyl groups is 1. The molecule has 2 N–H and O–H groups in total. The Balaban J connectivity index is 1.97. The maximum atomic E-state index is 12.8. The van der Waals surface area contributed by atoms with Gasteiger partial charge in [-0.2, -0.15) is 0 Å². The molecule has 1 amide bonds. The van der Waals surface area contributed by atoms with Crippen molar-refractivity contribution < 1.29 is 14.6 Å². The van der Waals surface area contributed by atoms with Gasteiger partial charge in [0.1, 0.15) is 0 Å². The normalized spacial score (nSPS) is 14.7. The van der Waals surface area contributed by atoms with Crippen LogP contribution >= 0.6 is 0 Å². The van der Waals surface area contributed by atoms with E-state index in [1.807, 2.05) is 25.1 Å². The van der Waals surface area contributed by atoms with Gasteiger partial charge in [0.25, 0.3) is 5.91 Å². The lowest BCUT2D eigenvalue weighted by molar-refractivity contribution is 0.0952. The summed E-state index contributed by atoms with van der Waals surface area (Å²) in [5, 5.41) is 13.0. The van der Waals surface area contributed by atoms with Crippen LogP contribution in [0.5, 0.6) is 11.5 Å². The van der Waals surface area contributed by atoms with Gasteiger partial charge in [-0.15, -0.1) is 0 Å². The molecule has 0 spiro atoms. The van der Waals surface area contributed by atoms with Crippen LogP contribution in [0, 0.1) is 12.8 Å². The van der Waals surface area contributed by atoms with Crippen molar-refractivity contribution in [2.45, 2.75) is 65.3 Å². The topological polar surface area (TPSA) is 63.5 Å². The van der Waals surface area contributed by atoms with Crippen molar-refractivity contribution in [2.24, 2.45) is 5.92 Å². The molecule has 5 nitrogen and oxygen atoms in total. The van der Waals surface area contributed by atoms with Crippen LogP contribution in [0.25, 0.3) is 11.3 Å². The van der Waals surface area contributed by atoms with E-state index in [4.69, 9.17) is 4.74 Å². The third-order valence-corrected chi connectivity index (χ3v) is 6.07. The van der Waals surface area contributed by atoms with Crippen LogP contribution in [0.4, 0.5) is 0 Å². The zero-order valence-electron chi connectivity index (χ0n) is 18.0. The molecule has 1 fully saturated rings. The van der Waals surface area contributed by atoms with Crippen molar-refractivity contribution in [3.8, 4) is 22.8 Å². The Labute approximate surface area is 174 Å². The molecular weight excluding hydrogens is 364 g/mol. The number of phenols is 1. The second-order valence-corrected chi connectivity index (χ2v) is 8.14. The number of benzene rings is 1. The molecule has 1 aromatic heterocycles. The van der Waals surface area contributed by atoms with Crippen molar-refractivity contribution >= 4 is 5.91 Å². The Morgan fingerprint density at radius 1 is 1.24 bits per heavy atom. The smallest absolute Gasteiger partial charge is 0.253 e. The van der Waals surface area contributed by atoms with Crippen molar-refractivity contribution in [1.82, 2.24) is 9.88 Å². The highest BCUT2D eigenvalue weighted by atomic mass is 16.5. The Kier molecular flexibility index (Phi) is 7.24. The van der Waals surface area contributed by atoms with Gasteiger partial charge in [-0.1, -0.05) is 32.6 Å². The first-order valence-electron chi connectivity index (χ1n) is 10.9. The number of phenolic OH excluding ortho intramolecular Hbond substituents is 1. The molecule has 1 heterocycles. The van der Waals surface area contributed by atoms with E-state index in [-0.39, 0.29) is 11.7 Å². The Morgan fingerprint density at radius 2 is 2.00 bits per heavy atom. The van der Waals surface area contributed by atoms with Crippen LogP contribution in [0.3, 0.4) is 0 Å². The van der Waals surface area contributed by atoms with E-state index in [2.05, 4.69) is 16.8 Å². The fraction of sp³-hybridized carbons (Fsp3) is 0.542. The minimum absolute atomic E-state index is 0.00895. The van der Waals surface area contributed by atoms with E-state index in [1.165, 1.54) is 32.1 Å². The van der Waals surface area contributed by atoms with E-state index in [0.717, 1.165) is 41.9 Å². The number of hydrogen-bond donors (Lipinski definition) is 2. The highest BCUT2D eigenvalue weighted by Crippen LogP contribution is 2.35. The summed E-state index contributed by atoms with van der Waals surface area (Å²) < 4.78 is 7.60. The number of methoxy groups -OCH3 is 1. The van der Waals surface area contributed by atoms with Crippen LogP contribution in [-0.2, 0) is 6.54 Å². The highest BCUT2D eigenvalue weighted by Gasteiger charge is 2.22. The molecular formula is C24H34N2O3. The van der Waals surface area contributed by atoms with E-state index in [9.17, 15) is 9.90 Å². The third-order valence-electron chi connectivity index (χ3n) is 6.07. The molecule has 1 aliphatic carbocycles. The van der Waals surface area contributed by atoms with Gasteiger partial charge in [0.05, 0.1) is 12.7 Å². The zero-order chi connectivity index (χ0) is 20.8. The lowest BCUT2D eigenvalue weighted by Gasteiger charge is -2.24. The molecule has 158 valence electrons. The summed E-state index contributed by atoms with van der Waals surface area (Å²) >= 11 is 0. The van der Waals surface area contributed by atoms with Crippen LogP contribution in [-0.4, -0.2) is 29.2 Å². The first-order valence-corrected chi connectivity index (χ1v) is 10.9. The predicted octanol–water partition coefficient (Wildman–Crippen LogP) is 5.29. The summed E-state index contributed by atoms with van der Waals surface area (Å²) in [6.45, 7) is 5.78. The Bertz CT molecular complexity index is 835. The predicted molar refractivity (Wildman–Crippen MR) is 117 cm³/mol. The number of carbonyl (C=O) groups is 1. The number of nitrogens with zero attached hydrogens (tertiary/aromatic N) is 1. The summed E-state index contributed by atoms with van der Waals surface area (Å²) in [4.78, 5) is 12.8. The summed E-state index contributed by atoms with van der Waals surface area (Å²) in [5.74, 6) is 1.20. The fourth-order valence-corrected chi connectivity index (χ4v) is 4.29. The summed E-state index contributed by atoms with van der Waals surface area (Å²) in [5.41, 5.74) is 3.70. The van der Waals surface area contributed by atoms with Gasteiger partial charge in [-0.05, 0) is 56.4 Å². The van der Waals surface area contributed by atoms with Gasteiger partial charge in [-0.25, -0.2) is 0 Å². The molecule has 5 heteroatoms. The first kappa shape index (κ1) is 21.3. The summed E-state index contributed by atoms with van der Waals surface area (Å²) in [7, 11) is 1.55. The van der Waals surface area contributed by atoms with E-state index >= 15 is 0 Å². The van der Waals surface area contributed by atoms with E-state index < -0.39 is 0 Å². The second-order valence-electron chi connectivity index (χ2n) is 8.14. The monoisotopic (exact) mass is 398 g/mol.